The Kier molecular flexibility index (Phi) is 5.80. The molecule has 5 aromatic rings. The molecule has 0 saturated carbocycles. The van der Waals surface area contributed by atoms with Crippen molar-refractivity contribution in [1.82, 2.24) is 15.0 Å². The SMILES string of the molecule is Cc1cc(-c2ccc(C#N)cc2)cc(C)c1Oc1nc(Nc2ccc(C#N)nc2)nc2ccsc12. The zero-order valence-corrected chi connectivity index (χ0v) is 19.7. The number of benzene rings is 2. The highest BCUT2D eigenvalue weighted by atomic mass is 32.1. The number of aryl methyl sites for hydroxylation is 2. The maximum Gasteiger partial charge on any atom is 0.242 e. The Morgan fingerprint density at radius 3 is 2.31 bits per heavy atom. The minimum Gasteiger partial charge on any atom is -0.437 e. The molecule has 35 heavy (non-hydrogen) atoms. The van der Waals surface area contributed by atoms with E-state index in [1.165, 1.54) is 11.3 Å². The first-order valence-corrected chi connectivity index (χ1v) is 11.6. The Hall–Kier alpha value is -4.79. The third kappa shape index (κ3) is 4.51. The summed E-state index contributed by atoms with van der Waals surface area (Å²) in [5.74, 6) is 1.58. The first-order chi connectivity index (χ1) is 17.0. The summed E-state index contributed by atoms with van der Waals surface area (Å²) in [6.45, 7) is 4.01. The fourth-order valence-corrected chi connectivity index (χ4v) is 4.49. The van der Waals surface area contributed by atoms with Gasteiger partial charge in [0.15, 0.2) is 0 Å². The molecule has 8 heteroatoms. The summed E-state index contributed by atoms with van der Waals surface area (Å²) < 4.78 is 7.22. The van der Waals surface area contributed by atoms with E-state index in [1.807, 2.05) is 55.6 Å². The third-order valence-electron chi connectivity index (χ3n) is 5.41. The number of anilines is 2. The predicted molar refractivity (Wildman–Crippen MR) is 136 cm³/mol. The molecule has 0 bridgehead atoms. The van der Waals surface area contributed by atoms with Gasteiger partial charge < -0.3 is 10.1 Å². The van der Waals surface area contributed by atoms with Crippen LogP contribution in [0.1, 0.15) is 22.4 Å². The summed E-state index contributed by atoms with van der Waals surface area (Å²) >= 11 is 1.52. The molecule has 0 aliphatic heterocycles. The topological polar surface area (TPSA) is 108 Å². The number of hydrogen-bond acceptors (Lipinski definition) is 8. The lowest BCUT2D eigenvalue weighted by Gasteiger charge is -2.15. The lowest BCUT2D eigenvalue weighted by atomic mass is 9.99. The van der Waals surface area contributed by atoms with Crippen molar-refractivity contribution in [2.75, 3.05) is 5.32 Å². The molecule has 0 amide bonds. The van der Waals surface area contributed by atoms with E-state index in [4.69, 9.17) is 15.3 Å². The summed E-state index contributed by atoms with van der Waals surface area (Å²) in [6.07, 6.45) is 1.57. The molecule has 0 aliphatic carbocycles. The summed E-state index contributed by atoms with van der Waals surface area (Å²) in [7, 11) is 0. The van der Waals surface area contributed by atoms with Gasteiger partial charge in [-0.15, -0.1) is 11.3 Å². The molecular weight excluding hydrogens is 456 g/mol. The van der Waals surface area contributed by atoms with Crippen LogP contribution in [0.4, 0.5) is 11.6 Å². The van der Waals surface area contributed by atoms with E-state index in [-0.39, 0.29) is 0 Å². The van der Waals surface area contributed by atoms with Gasteiger partial charge in [0, 0.05) is 0 Å². The van der Waals surface area contributed by atoms with Gasteiger partial charge in [-0.3, -0.25) is 0 Å². The van der Waals surface area contributed by atoms with Crippen LogP contribution in [-0.4, -0.2) is 15.0 Å². The van der Waals surface area contributed by atoms with Crippen LogP contribution in [0.5, 0.6) is 11.6 Å². The quantitative estimate of drug-likeness (QED) is 0.304. The number of aromatic nitrogens is 3. The second-order valence-corrected chi connectivity index (χ2v) is 8.80. The molecule has 2 aromatic carbocycles. The molecule has 0 aliphatic rings. The highest BCUT2D eigenvalue weighted by Gasteiger charge is 2.15. The lowest BCUT2D eigenvalue weighted by molar-refractivity contribution is 0.463. The molecule has 0 unspecified atom stereocenters. The van der Waals surface area contributed by atoms with Crippen LogP contribution in [0.3, 0.4) is 0 Å². The number of hydrogen-bond donors (Lipinski definition) is 1. The Morgan fingerprint density at radius 1 is 0.886 bits per heavy atom. The highest BCUT2D eigenvalue weighted by Crippen LogP contribution is 2.37. The van der Waals surface area contributed by atoms with Crippen molar-refractivity contribution in [3.8, 4) is 34.9 Å². The summed E-state index contributed by atoms with van der Waals surface area (Å²) in [4.78, 5) is 13.3. The zero-order chi connectivity index (χ0) is 24.4. The molecule has 3 heterocycles. The molecule has 7 nitrogen and oxygen atoms in total. The number of ether oxygens (including phenoxy) is 1. The summed E-state index contributed by atoms with van der Waals surface area (Å²) in [6, 6.07) is 21.1. The first-order valence-electron chi connectivity index (χ1n) is 10.7. The normalized spacial score (nSPS) is 10.5. The smallest absolute Gasteiger partial charge is 0.242 e. The lowest BCUT2D eigenvalue weighted by Crippen LogP contribution is -2.01. The van der Waals surface area contributed by atoms with Crippen molar-refractivity contribution in [3.63, 3.8) is 0 Å². The van der Waals surface area contributed by atoms with Gasteiger partial charge in [0.05, 0.1) is 29.0 Å². The maximum absolute atomic E-state index is 9.05. The van der Waals surface area contributed by atoms with E-state index in [9.17, 15) is 0 Å². The van der Waals surface area contributed by atoms with Crippen molar-refractivity contribution in [3.05, 3.63) is 88.6 Å². The van der Waals surface area contributed by atoms with Crippen molar-refractivity contribution in [2.45, 2.75) is 13.8 Å². The van der Waals surface area contributed by atoms with Crippen molar-refractivity contribution in [2.24, 2.45) is 0 Å². The van der Waals surface area contributed by atoms with E-state index in [0.717, 1.165) is 38.2 Å². The second kappa shape index (κ2) is 9.22. The molecule has 168 valence electrons. The van der Waals surface area contributed by atoms with Gasteiger partial charge in [0.2, 0.25) is 11.8 Å². The van der Waals surface area contributed by atoms with Gasteiger partial charge in [0.1, 0.15) is 22.2 Å². The average molecular weight is 475 g/mol. The number of nitriles is 2. The van der Waals surface area contributed by atoms with Gasteiger partial charge in [-0.2, -0.15) is 15.5 Å². The Bertz CT molecular complexity index is 1600. The van der Waals surface area contributed by atoms with Crippen LogP contribution < -0.4 is 10.1 Å². The second-order valence-electron chi connectivity index (χ2n) is 7.89. The van der Waals surface area contributed by atoms with E-state index in [0.29, 0.717) is 28.8 Å². The van der Waals surface area contributed by atoms with Gasteiger partial charge in [-0.25, -0.2) is 9.97 Å². The van der Waals surface area contributed by atoms with E-state index in [1.54, 1.807) is 18.3 Å². The monoisotopic (exact) mass is 474 g/mol. The number of rotatable bonds is 5. The largest absolute Gasteiger partial charge is 0.437 e. The molecular formula is C27H18N6OS. The van der Waals surface area contributed by atoms with E-state index < -0.39 is 0 Å². The molecule has 1 N–H and O–H groups in total. The van der Waals surface area contributed by atoms with Crippen LogP contribution in [0.25, 0.3) is 21.3 Å². The molecule has 0 saturated heterocycles. The maximum atomic E-state index is 9.05. The first kappa shape index (κ1) is 22.0. The number of fused-ring (bicyclic) bond motifs is 1. The number of thiophene rings is 1. The molecule has 5 rings (SSSR count). The van der Waals surface area contributed by atoms with Crippen molar-refractivity contribution in [1.29, 1.82) is 10.5 Å². The minimum atomic E-state index is 0.337. The number of nitrogens with zero attached hydrogens (tertiary/aromatic N) is 5. The van der Waals surface area contributed by atoms with Gasteiger partial charge >= 0.3 is 0 Å². The van der Waals surface area contributed by atoms with Crippen LogP contribution in [0, 0.1) is 36.5 Å². The van der Waals surface area contributed by atoms with Crippen molar-refractivity contribution >= 4 is 33.2 Å². The van der Waals surface area contributed by atoms with Crippen LogP contribution in [-0.2, 0) is 0 Å². The zero-order valence-electron chi connectivity index (χ0n) is 18.9. The van der Waals surface area contributed by atoms with Gasteiger partial charge in [-0.05, 0) is 83.9 Å². The standard InChI is InChI=1S/C27H18N6OS/c1-16-11-20(19-5-3-18(13-28)4-6-19)12-17(2)24(16)34-26-25-23(9-10-35-25)32-27(33-26)31-22-8-7-21(14-29)30-15-22/h3-12,15H,1-2H3,(H,31,32,33). The highest BCUT2D eigenvalue weighted by molar-refractivity contribution is 7.17. The Morgan fingerprint density at radius 2 is 1.66 bits per heavy atom. The Labute approximate surface area is 205 Å². The number of pyridine rings is 1. The molecule has 3 aromatic heterocycles. The van der Waals surface area contributed by atoms with Gasteiger partial charge in [0.25, 0.3) is 0 Å². The average Bonchev–Trinajstić information content (AvgIpc) is 3.35. The molecule has 0 fully saturated rings. The minimum absolute atomic E-state index is 0.337. The molecule has 0 radical (unpaired) electrons. The van der Waals surface area contributed by atoms with E-state index in [2.05, 4.69) is 38.5 Å². The third-order valence-corrected chi connectivity index (χ3v) is 6.30. The summed E-state index contributed by atoms with van der Waals surface area (Å²) in [5, 5.41) is 23.1. The fourth-order valence-electron chi connectivity index (χ4n) is 3.74. The van der Waals surface area contributed by atoms with Crippen LogP contribution in [0.2, 0.25) is 0 Å². The van der Waals surface area contributed by atoms with E-state index >= 15 is 0 Å². The van der Waals surface area contributed by atoms with Crippen LogP contribution >= 0.6 is 11.3 Å². The van der Waals surface area contributed by atoms with Crippen molar-refractivity contribution < 1.29 is 4.74 Å². The molecule has 0 spiro atoms. The van der Waals surface area contributed by atoms with Crippen LogP contribution in [0.15, 0.2) is 66.2 Å². The van der Waals surface area contributed by atoms with Gasteiger partial charge in [-0.1, -0.05) is 12.1 Å². The Balaban J connectivity index is 1.48. The molecule has 0 atom stereocenters. The summed E-state index contributed by atoms with van der Waals surface area (Å²) in [5.41, 5.74) is 6.44. The predicted octanol–water partition coefficient (Wildman–Crippen LogP) is 6.65. The number of nitrogens with one attached hydrogen (secondary N) is 1. The fraction of sp³-hybridized carbons (Fsp3) is 0.0741.